The first kappa shape index (κ1) is 22.0. The maximum Gasteiger partial charge on any atom is 0.307 e. The number of carboxylic acid groups (broad SMARTS) is 1. The Labute approximate surface area is 189 Å². The van der Waals surface area contributed by atoms with Crippen LogP contribution in [0.4, 0.5) is 0 Å². The van der Waals surface area contributed by atoms with E-state index in [4.69, 9.17) is 0 Å². The van der Waals surface area contributed by atoms with Crippen molar-refractivity contribution in [2.45, 2.75) is 12.8 Å². The molecule has 166 valence electrons. The van der Waals surface area contributed by atoms with Crippen LogP contribution in [-0.2, 0) is 4.79 Å². The third kappa shape index (κ3) is 4.52. The molecule has 1 aliphatic heterocycles. The van der Waals surface area contributed by atoms with E-state index in [0.717, 1.165) is 16.0 Å². The summed E-state index contributed by atoms with van der Waals surface area (Å²) < 4.78 is 0. The molecule has 3 aromatic carbocycles. The molecule has 2 N–H and O–H groups in total. The maximum absolute atomic E-state index is 12.7. The number of hydrogen-bond donors (Lipinski definition) is 2. The SMILES string of the molecule is O=C(CC(CCN1C(=O)c2ccccc2C1=O)C(=O)O)c1ccc(-c2ccc(O)cc2)cc1. The number of phenolic OH excluding ortho intramolecular Hbond substituents is 1. The number of imide groups is 1. The minimum absolute atomic E-state index is 0.0157. The number of phenols is 1. The first-order chi connectivity index (χ1) is 15.8. The van der Waals surface area contributed by atoms with Crippen molar-refractivity contribution < 1.29 is 29.4 Å². The summed E-state index contributed by atoms with van der Waals surface area (Å²) in [6.45, 7) is -0.0730. The second kappa shape index (κ2) is 9.08. The van der Waals surface area contributed by atoms with Crippen molar-refractivity contribution in [3.8, 4) is 16.9 Å². The van der Waals surface area contributed by atoms with Crippen molar-refractivity contribution in [3.63, 3.8) is 0 Å². The minimum atomic E-state index is -1.15. The van der Waals surface area contributed by atoms with E-state index in [1.165, 1.54) is 0 Å². The molecule has 1 unspecified atom stereocenters. The molecule has 0 saturated heterocycles. The zero-order valence-corrected chi connectivity index (χ0v) is 17.6. The molecule has 0 aliphatic carbocycles. The molecule has 33 heavy (non-hydrogen) atoms. The van der Waals surface area contributed by atoms with Crippen LogP contribution in [0.1, 0.15) is 43.9 Å². The number of carbonyl (C=O) groups is 4. The Morgan fingerprint density at radius 3 is 1.82 bits per heavy atom. The zero-order valence-electron chi connectivity index (χ0n) is 17.6. The van der Waals surface area contributed by atoms with Crippen molar-refractivity contribution in [2.24, 2.45) is 5.92 Å². The normalized spacial score (nSPS) is 13.6. The van der Waals surface area contributed by atoms with E-state index in [-0.39, 0.29) is 30.9 Å². The fourth-order valence-corrected chi connectivity index (χ4v) is 3.88. The molecule has 1 atom stereocenters. The maximum atomic E-state index is 12.7. The van der Waals surface area contributed by atoms with Crippen LogP contribution in [0.5, 0.6) is 5.75 Å². The van der Waals surface area contributed by atoms with Gasteiger partial charge in [0.1, 0.15) is 5.75 Å². The third-order valence-electron chi connectivity index (χ3n) is 5.77. The van der Waals surface area contributed by atoms with Gasteiger partial charge in [-0.25, -0.2) is 0 Å². The fraction of sp³-hybridized carbons (Fsp3) is 0.154. The zero-order chi connectivity index (χ0) is 23.5. The summed E-state index contributed by atoms with van der Waals surface area (Å²) in [6, 6.07) is 19.9. The van der Waals surface area contributed by atoms with Crippen LogP contribution < -0.4 is 0 Å². The summed E-state index contributed by atoms with van der Waals surface area (Å²) in [5, 5.41) is 19.0. The minimum Gasteiger partial charge on any atom is -0.508 e. The number of ketones is 1. The Balaban J connectivity index is 1.40. The Hall–Kier alpha value is -4.26. The van der Waals surface area contributed by atoms with Crippen LogP contribution in [0.2, 0.25) is 0 Å². The van der Waals surface area contributed by atoms with E-state index < -0.39 is 23.7 Å². The summed E-state index contributed by atoms with van der Waals surface area (Å²) in [6.07, 6.45) is -0.255. The molecule has 0 aromatic heterocycles. The Bertz CT molecular complexity index is 1200. The summed E-state index contributed by atoms with van der Waals surface area (Å²) >= 11 is 0. The van der Waals surface area contributed by atoms with Gasteiger partial charge in [-0.05, 0) is 41.8 Å². The van der Waals surface area contributed by atoms with Crippen LogP contribution in [0, 0.1) is 5.92 Å². The van der Waals surface area contributed by atoms with Gasteiger partial charge in [0.2, 0.25) is 0 Å². The molecular weight excluding hydrogens is 422 g/mol. The smallest absolute Gasteiger partial charge is 0.307 e. The lowest BCUT2D eigenvalue weighted by atomic mass is 9.94. The van der Waals surface area contributed by atoms with Gasteiger partial charge in [0.15, 0.2) is 5.78 Å². The molecule has 1 aliphatic rings. The lowest BCUT2D eigenvalue weighted by Crippen LogP contribution is -2.33. The summed E-state index contributed by atoms with van der Waals surface area (Å²) in [7, 11) is 0. The molecule has 0 saturated carbocycles. The predicted molar refractivity (Wildman–Crippen MR) is 120 cm³/mol. The number of nitrogens with zero attached hydrogens (tertiary/aromatic N) is 1. The van der Waals surface area contributed by atoms with Crippen LogP contribution >= 0.6 is 0 Å². The van der Waals surface area contributed by atoms with Gasteiger partial charge in [0, 0.05) is 18.5 Å². The summed E-state index contributed by atoms with van der Waals surface area (Å²) in [5.41, 5.74) is 2.71. The number of benzene rings is 3. The fourth-order valence-electron chi connectivity index (χ4n) is 3.88. The molecule has 7 nitrogen and oxygen atoms in total. The lowest BCUT2D eigenvalue weighted by Gasteiger charge is -2.17. The molecule has 0 bridgehead atoms. The van der Waals surface area contributed by atoms with E-state index in [9.17, 15) is 29.4 Å². The molecule has 0 radical (unpaired) electrons. The predicted octanol–water partition coefficient (Wildman–Crippen LogP) is 4.02. The molecular formula is C26H21NO6. The number of carboxylic acids is 1. The van der Waals surface area contributed by atoms with E-state index in [0.29, 0.717) is 16.7 Å². The second-order valence-electron chi connectivity index (χ2n) is 7.88. The average Bonchev–Trinajstić information content (AvgIpc) is 3.07. The van der Waals surface area contributed by atoms with Crippen LogP contribution in [-0.4, -0.2) is 45.2 Å². The van der Waals surface area contributed by atoms with Gasteiger partial charge in [-0.1, -0.05) is 48.5 Å². The number of fused-ring (bicyclic) bond motifs is 1. The third-order valence-corrected chi connectivity index (χ3v) is 5.77. The number of aliphatic carboxylic acids is 1. The number of rotatable bonds is 8. The monoisotopic (exact) mass is 443 g/mol. The Morgan fingerprint density at radius 1 is 0.788 bits per heavy atom. The largest absolute Gasteiger partial charge is 0.508 e. The first-order valence-corrected chi connectivity index (χ1v) is 10.5. The van der Waals surface area contributed by atoms with Gasteiger partial charge in [-0.2, -0.15) is 0 Å². The van der Waals surface area contributed by atoms with Gasteiger partial charge in [0.25, 0.3) is 11.8 Å². The number of Topliss-reactive ketones (excluding diaryl/α,β-unsaturated/α-hetero) is 1. The highest BCUT2D eigenvalue weighted by molar-refractivity contribution is 6.21. The van der Waals surface area contributed by atoms with Gasteiger partial charge < -0.3 is 10.2 Å². The van der Waals surface area contributed by atoms with Crippen molar-refractivity contribution in [1.82, 2.24) is 4.90 Å². The van der Waals surface area contributed by atoms with Crippen LogP contribution in [0.15, 0.2) is 72.8 Å². The Morgan fingerprint density at radius 2 is 1.30 bits per heavy atom. The standard InChI is InChI=1S/C26H21NO6/c28-20-11-9-17(10-12-20)16-5-7-18(8-6-16)23(29)15-19(26(32)33)13-14-27-24(30)21-3-1-2-4-22(21)25(27)31/h1-12,19,28H,13-15H2,(H,32,33). The highest BCUT2D eigenvalue weighted by Crippen LogP contribution is 2.25. The topological polar surface area (TPSA) is 112 Å². The van der Waals surface area contributed by atoms with Crippen molar-refractivity contribution >= 4 is 23.6 Å². The number of amides is 2. The number of carbonyl (C=O) groups excluding carboxylic acids is 3. The van der Waals surface area contributed by atoms with E-state index in [1.807, 2.05) is 0 Å². The first-order valence-electron chi connectivity index (χ1n) is 10.5. The molecule has 2 amide bonds. The second-order valence-corrected chi connectivity index (χ2v) is 7.88. The quantitative estimate of drug-likeness (QED) is 0.402. The number of hydrogen-bond acceptors (Lipinski definition) is 5. The van der Waals surface area contributed by atoms with Gasteiger partial charge in [0.05, 0.1) is 17.0 Å². The molecule has 7 heteroatoms. The van der Waals surface area contributed by atoms with Crippen LogP contribution in [0.25, 0.3) is 11.1 Å². The van der Waals surface area contributed by atoms with Crippen molar-refractivity contribution in [3.05, 3.63) is 89.5 Å². The van der Waals surface area contributed by atoms with Gasteiger partial charge >= 0.3 is 5.97 Å². The van der Waals surface area contributed by atoms with Crippen molar-refractivity contribution in [2.75, 3.05) is 6.54 Å². The van der Waals surface area contributed by atoms with Gasteiger partial charge in [-0.3, -0.25) is 24.1 Å². The summed E-state index contributed by atoms with van der Waals surface area (Å²) in [4.78, 5) is 50.5. The molecule has 3 aromatic rings. The van der Waals surface area contributed by atoms with E-state index in [1.54, 1.807) is 72.8 Å². The molecule has 4 rings (SSSR count). The highest BCUT2D eigenvalue weighted by atomic mass is 16.4. The number of aromatic hydroxyl groups is 1. The summed E-state index contributed by atoms with van der Waals surface area (Å²) in [5.74, 6) is -3.25. The molecule has 0 fully saturated rings. The van der Waals surface area contributed by atoms with Gasteiger partial charge in [-0.15, -0.1) is 0 Å². The van der Waals surface area contributed by atoms with E-state index in [2.05, 4.69) is 0 Å². The van der Waals surface area contributed by atoms with Crippen LogP contribution in [0.3, 0.4) is 0 Å². The lowest BCUT2D eigenvalue weighted by molar-refractivity contribution is -0.142. The highest BCUT2D eigenvalue weighted by Gasteiger charge is 2.35. The van der Waals surface area contributed by atoms with Crippen molar-refractivity contribution in [1.29, 1.82) is 0 Å². The molecule has 1 heterocycles. The molecule has 0 spiro atoms. The average molecular weight is 443 g/mol. The van der Waals surface area contributed by atoms with E-state index >= 15 is 0 Å². The Kier molecular flexibility index (Phi) is 6.04.